The molecule has 1 aromatic carbocycles. The minimum Gasteiger partial charge on any atom is -0.496 e. The molecule has 3 aromatic rings. The van der Waals surface area contributed by atoms with Crippen LogP contribution in [0.5, 0.6) is 5.75 Å². The molecular weight excluding hydrogens is 218 g/mol. The van der Waals surface area contributed by atoms with E-state index in [0.29, 0.717) is 11.4 Å². The third-order valence-electron chi connectivity index (χ3n) is 2.73. The van der Waals surface area contributed by atoms with Gasteiger partial charge in [0.1, 0.15) is 11.4 Å². The minimum absolute atomic E-state index is 0.511. The number of aromatic nitrogens is 2. The molecule has 0 aliphatic heterocycles. The molecule has 0 fully saturated rings. The highest BCUT2D eigenvalue weighted by Gasteiger charge is 2.16. The van der Waals surface area contributed by atoms with Crippen molar-refractivity contribution in [2.75, 3.05) is 12.8 Å². The summed E-state index contributed by atoms with van der Waals surface area (Å²) >= 11 is 0. The Morgan fingerprint density at radius 3 is 3.00 bits per heavy atom. The first-order valence-electron chi connectivity index (χ1n) is 5.16. The van der Waals surface area contributed by atoms with Crippen molar-refractivity contribution >= 4 is 16.6 Å². The molecule has 0 radical (unpaired) electrons. The number of aromatic amines is 1. The fourth-order valence-electron chi connectivity index (χ4n) is 1.95. The van der Waals surface area contributed by atoms with Gasteiger partial charge in [-0.2, -0.15) is 0 Å². The van der Waals surface area contributed by atoms with Crippen molar-refractivity contribution in [2.45, 2.75) is 0 Å². The zero-order valence-electron chi connectivity index (χ0n) is 9.23. The van der Waals surface area contributed by atoms with E-state index in [2.05, 4.69) is 10.1 Å². The third kappa shape index (κ3) is 1.36. The number of nitrogens with zero attached hydrogens (tertiary/aromatic N) is 1. The predicted octanol–water partition coefficient (Wildman–Crippen LogP) is 2.41. The van der Waals surface area contributed by atoms with Crippen molar-refractivity contribution < 1.29 is 9.26 Å². The van der Waals surface area contributed by atoms with Crippen LogP contribution in [0.1, 0.15) is 0 Å². The Kier molecular flexibility index (Phi) is 2.04. The van der Waals surface area contributed by atoms with Gasteiger partial charge < -0.3 is 20.0 Å². The lowest BCUT2D eigenvalue weighted by Gasteiger charge is -2.03. The number of ether oxygens (including phenoxy) is 1. The Bertz CT molecular complexity index is 669. The van der Waals surface area contributed by atoms with Crippen LogP contribution in [0.4, 0.5) is 5.69 Å². The molecule has 17 heavy (non-hydrogen) atoms. The summed E-state index contributed by atoms with van der Waals surface area (Å²) < 4.78 is 10.5. The van der Waals surface area contributed by atoms with Crippen molar-refractivity contribution in [1.82, 2.24) is 10.1 Å². The van der Waals surface area contributed by atoms with Gasteiger partial charge in [0.15, 0.2) is 5.76 Å². The Hall–Kier alpha value is -2.43. The smallest absolute Gasteiger partial charge is 0.191 e. The van der Waals surface area contributed by atoms with Gasteiger partial charge in [0.2, 0.25) is 0 Å². The molecule has 0 spiro atoms. The Balaban J connectivity index is 2.34. The molecule has 3 N–H and O–H groups in total. The van der Waals surface area contributed by atoms with Crippen molar-refractivity contribution in [3.05, 3.63) is 30.6 Å². The minimum atomic E-state index is 0.511. The van der Waals surface area contributed by atoms with E-state index in [1.807, 2.05) is 24.4 Å². The molecule has 0 aliphatic rings. The van der Waals surface area contributed by atoms with Gasteiger partial charge >= 0.3 is 0 Å². The summed E-state index contributed by atoms with van der Waals surface area (Å²) in [4.78, 5) is 3.16. The van der Waals surface area contributed by atoms with Crippen molar-refractivity contribution in [1.29, 1.82) is 0 Å². The summed E-state index contributed by atoms with van der Waals surface area (Å²) in [5, 5.41) is 4.63. The van der Waals surface area contributed by atoms with Crippen LogP contribution >= 0.6 is 0 Å². The molecule has 0 amide bonds. The van der Waals surface area contributed by atoms with Crippen LogP contribution in [0.25, 0.3) is 22.2 Å². The topological polar surface area (TPSA) is 77.1 Å². The van der Waals surface area contributed by atoms with Gasteiger partial charge in [0.05, 0.1) is 24.3 Å². The zero-order valence-corrected chi connectivity index (χ0v) is 9.23. The molecule has 0 unspecified atom stereocenters. The molecule has 0 saturated heterocycles. The first-order valence-corrected chi connectivity index (χ1v) is 5.16. The van der Waals surface area contributed by atoms with E-state index < -0.39 is 0 Å². The number of anilines is 1. The number of hydrogen-bond acceptors (Lipinski definition) is 4. The number of rotatable bonds is 2. The second-order valence-electron chi connectivity index (χ2n) is 3.70. The first kappa shape index (κ1) is 9.77. The van der Waals surface area contributed by atoms with Crippen LogP contribution in [-0.4, -0.2) is 17.3 Å². The number of hydrogen-bond donors (Lipinski definition) is 2. The zero-order chi connectivity index (χ0) is 11.8. The van der Waals surface area contributed by atoms with Crippen molar-refractivity contribution in [3.63, 3.8) is 0 Å². The Labute approximate surface area is 97.2 Å². The maximum atomic E-state index is 5.80. The summed E-state index contributed by atoms with van der Waals surface area (Å²) in [5.41, 5.74) is 8.14. The molecule has 2 heterocycles. The lowest BCUT2D eigenvalue weighted by Crippen LogP contribution is -1.86. The van der Waals surface area contributed by atoms with Gasteiger partial charge in [-0.15, -0.1) is 0 Å². The number of methoxy groups -OCH3 is 1. The predicted molar refractivity (Wildman–Crippen MR) is 64.8 cm³/mol. The monoisotopic (exact) mass is 229 g/mol. The number of nitrogens with one attached hydrogen (secondary N) is 1. The number of benzene rings is 1. The second kappa shape index (κ2) is 3.55. The quantitative estimate of drug-likeness (QED) is 0.707. The lowest BCUT2D eigenvalue weighted by molar-refractivity contribution is 0.419. The molecule has 2 aromatic heterocycles. The number of H-pyrrole nitrogens is 1. The van der Waals surface area contributed by atoms with Crippen molar-refractivity contribution in [2.24, 2.45) is 0 Å². The Morgan fingerprint density at radius 2 is 2.29 bits per heavy atom. The van der Waals surface area contributed by atoms with E-state index >= 15 is 0 Å². The fourth-order valence-corrected chi connectivity index (χ4v) is 1.95. The number of nitrogen functional groups attached to an aromatic ring is 1. The van der Waals surface area contributed by atoms with Crippen LogP contribution in [0.3, 0.4) is 0 Å². The van der Waals surface area contributed by atoms with Crippen LogP contribution in [-0.2, 0) is 0 Å². The molecule has 5 nitrogen and oxygen atoms in total. The van der Waals surface area contributed by atoms with E-state index in [1.54, 1.807) is 7.11 Å². The molecule has 0 bridgehead atoms. The van der Waals surface area contributed by atoms with Crippen LogP contribution in [0, 0.1) is 0 Å². The maximum absolute atomic E-state index is 5.80. The molecule has 5 heteroatoms. The average Bonchev–Trinajstić information content (AvgIpc) is 2.94. The van der Waals surface area contributed by atoms with Gasteiger partial charge in [-0.1, -0.05) is 11.2 Å². The van der Waals surface area contributed by atoms with E-state index in [0.717, 1.165) is 22.2 Å². The standard InChI is InChI=1S/C12H11N3O2/c1-16-10-4-2-3-9-11(10)7(5-14-9)12-8(13)6-15-17-12/h2-6,14H,13H2,1H3. The summed E-state index contributed by atoms with van der Waals surface area (Å²) in [6.45, 7) is 0. The molecule has 0 aliphatic carbocycles. The van der Waals surface area contributed by atoms with Crippen LogP contribution < -0.4 is 10.5 Å². The molecule has 0 atom stereocenters. The SMILES string of the molecule is COc1cccc2[nH]cc(-c3oncc3N)c12. The highest BCUT2D eigenvalue weighted by molar-refractivity contribution is 6.00. The average molecular weight is 229 g/mol. The summed E-state index contributed by atoms with van der Waals surface area (Å²) in [6, 6.07) is 5.78. The van der Waals surface area contributed by atoms with Gasteiger partial charge in [-0.05, 0) is 12.1 Å². The van der Waals surface area contributed by atoms with E-state index in [-0.39, 0.29) is 0 Å². The van der Waals surface area contributed by atoms with E-state index in [4.69, 9.17) is 15.0 Å². The molecule has 0 saturated carbocycles. The van der Waals surface area contributed by atoms with E-state index in [1.165, 1.54) is 6.20 Å². The first-order chi connectivity index (χ1) is 8.31. The third-order valence-corrected chi connectivity index (χ3v) is 2.73. The molecular formula is C12H11N3O2. The van der Waals surface area contributed by atoms with Crippen LogP contribution in [0.2, 0.25) is 0 Å². The summed E-state index contributed by atoms with van der Waals surface area (Å²) in [7, 11) is 1.63. The summed E-state index contributed by atoms with van der Waals surface area (Å²) in [5.74, 6) is 1.33. The Morgan fingerprint density at radius 1 is 1.41 bits per heavy atom. The lowest BCUT2D eigenvalue weighted by atomic mass is 10.1. The van der Waals surface area contributed by atoms with Crippen LogP contribution in [0.15, 0.2) is 35.1 Å². The molecule has 86 valence electrons. The molecule has 3 rings (SSSR count). The highest BCUT2D eigenvalue weighted by Crippen LogP contribution is 2.37. The summed E-state index contributed by atoms with van der Waals surface area (Å²) in [6.07, 6.45) is 3.33. The fraction of sp³-hybridized carbons (Fsp3) is 0.0833. The van der Waals surface area contributed by atoms with Gasteiger partial charge in [0.25, 0.3) is 0 Å². The van der Waals surface area contributed by atoms with Crippen molar-refractivity contribution in [3.8, 4) is 17.1 Å². The van der Waals surface area contributed by atoms with Gasteiger partial charge in [-0.3, -0.25) is 0 Å². The largest absolute Gasteiger partial charge is 0.496 e. The number of fused-ring (bicyclic) bond motifs is 1. The highest BCUT2D eigenvalue weighted by atomic mass is 16.5. The van der Waals surface area contributed by atoms with Gasteiger partial charge in [0, 0.05) is 11.7 Å². The van der Waals surface area contributed by atoms with Gasteiger partial charge in [-0.25, -0.2) is 0 Å². The van der Waals surface area contributed by atoms with E-state index in [9.17, 15) is 0 Å². The second-order valence-corrected chi connectivity index (χ2v) is 3.70. The number of nitrogens with two attached hydrogens (primary N) is 1. The maximum Gasteiger partial charge on any atom is 0.191 e. The normalized spacial score (nSPS) is 10.9.